The molecule has 0 aromatic heterocycles. The third kappa shape index (κ3) is 9.05. The Bertz CT molecular complexity index is 518. The Kier molecular flexibility index (Phi) is 11.5. The molecule has 0 bridgehead atoms. The Morgan fingerprint density at radius 1 is 1.38 bits per heavy atom. The Labute approximate surface area is 157 Å². The van der Waals surface area contributed by atoms with Crippen LogP contribution >= 0.6 is 0 Å². The van der Waals surface area contributed by atoms with Crippen molar-refractivity contribution in [2.45, 2.75) is 83.3 Å². The van der Waals surface area contributed by atoms with Gasteiger partial charge < -0.3 is 14.7 Å². The highest BCUT2D eigenvalue weighted by atomic mass is 16.5. The van der Waals surface area contributed by atoms with Crippen molar-refractivity contribution >= 4 is 11.9 Å². The fourth-order valence-electron chi connectivity index (χ4n) is 2.96. The van der Waals surface area contributed by atoms with E-state index in [0.29, 0.717) is 32.2 Å². The van der Waals surface area contributed by atoms with Crippen LogP contribution in [0.1, 0.15) is 71.1 Å². The molecule has 26 heavy (non-hydrogen) atoms. The maximum absolute atomic E-state index is 12.2. The van der Waals surface area contributed by atoms with Gasteiger partial charge in [0, 0.05) is 19.3 Å². The lowest BCUT2D eigenvalue weighted by atomic mass is 10.00. The quantitative estimate of drug-likeness (QED) is 0.280. The van der Waals surface area contributed by atoms with E-state index in [4.69, 9.17) is 0 Å². The second-order valence-electron chi connectivity index (χ2n) is 6.71. The highest BCUT2D eigenvalue weighted by Gasteiger charge is 2.25. The van der Waals surface area contributed by atoms with Gasteiger partial charge >= 0.3 is 5.97 Å². The lowest BCUT2D eigenvalue weighted by molar-refractivity contribution is -0.140. The van der Waals surface area contributed by atoms with E-state index in [9.17, 15) is 14.7 Å². The van der Waals surface area contributed by atoms with E-state index in [0.717, 1.165) is 38.5 Å². The van der Waals surface area contributed by atoms with Gasteiger partial charge in [-0.2, -0.15) is 0 Å². The molecule has 1 heterocycles. The summed E-state index contributed by atoms with van der Waals surface area (Å²) in [5, 5.41) is 10.0. The average molecular weight is 363 g/mol. The molecule has 0 aromatic rings. The molecule has 1 fully saturated rings. The Morgan fingerprint density at radius 2 is 2.19 bits per heavy atom. The Morgan fingerprint density at radius 3 is 2.92 bits per heavy atom. The number of aliphatic hydroxyl groups excluding tert-OH is 1. The number of piperidine rings is 1. The minimum absolute atomic E-state index is 0.0152. The zero-order valence-corrected chi connectivity index (χ0v) is 16.2. The number of hydrogen-bond acceptors (Lipinski definition) is 4. The predicted molar refractivity (Wildman–Crippen MR) is 102 cm³/mol. The third-order valence-corrected chi connectivity index (χ3v) is 4.55. The molecule has 1 rings (SSSR count). The number of esters is 1. The SMILES string of the molecule is CCCCC[C@@H](O)C=CC1CCCC(=O)N1CC#CCCCC(=O)OC. The van der Waals surface area contributed by atoms with Crippen LogP contribution in [0.4, 0.5) is 0 Å². The fourth-order valence-corrected chi connectivity index (χ4v) is 2.96. The number of methoxy groups -OCH3 is 1. The van der Waals surface area contributed by atoms with Gasteiger partial charge in [0.1, 0.15) is 0 Å². The molecule has 5 nitrogen and oxygen atoms in total. The average Bonchev–Trinajstić information content (AvgIpc) is 2.64. The lowest BCUT2D eigenvalue weighted by Crippen LogP contribution is -2.42. The van der Waals surface area contributed by atoms with Gasteiger partial charge in [0.05, 0.1) is 25.8 Å². The molecule has 2 atom stereocenters. The number of carbonyl (C=O) groups is 2. The van der Waals surface area contributed by atoms with Crippen LogP contribution in [-0.2, 0) is 14.3 Å². The molecular formula is C21H33NO4. The summed E-state index contributed by atoms with van der Waals surface area (Å²) in [5.41, 5.74) is 0. The van der Waals surface area contributed by atoms with E-state index in [1.165, 1.54) is 7.11 Å². The lowest BCUT2D eigenvalue weighted by Gasteiger charge is -2.32. The van der Waals surface area contributed by atoms with E-state index < -0.39 is 6.10 Å². The molecule has 1 N–H and O–H groups in total. The van der Waals surface area contributed by atoms with Crippen molar-refractivity contribution in [3.8, 4) is 11.8 Å². The standard InChI is InChI=1S/C21H33NO4/c1-3-4-7-12-19(23)16-15-18-11-10-13-20(24)22(18)17-9-6-5-8-14-21(25)26-2/h15-16,18-19,23H,3-5,7-8,10-14,17H2,1-2H3/t18?,19-/m1/s1. The minimum atomic E-state index is -0.440. The zero-order valence-electron chi connectivity index (χ0n) is 16.2. The van der Waals surface area contributed by atoms with Crippen molar-refractivity contribution in [1.29, 1.82) is 0 Å². The molecule has 1 unspecified atom stereocenters. The first-order valence-electron chi connectivity index (χ1n) is 9.76. The summed E-state index contributed by atoms with van der Waals surface area (Å²) in [6, 6.07) is 0.0152. The summed E-state index contributed by atoms with van der Waals surface area (Å²) in [5.74, 6) is 5.97. The van der Waals surface area contributed by atoms with E-state index in [1.807, 2.05) is 12.2 Å². The maximum atomic E-state index is 12.2. The van der Waals surface area contributed by atoms with E-state index in [1.54, 1.807) is 4.90 Å². The molecule has 1 aliphatic rings. The zero-order chi connectivity index (χ0) is 19.2. The maximum Gasteiger partial charge on any atom is 0.305 e. The van der Waals surface area contributed by atoms with Crippen LogP contribution in [0.3, 0.4) is 0 Å². The topological polar surface area (TPSA) is 66.8 Å². The van der Waals surface area contributed by atoms with Crippen molar-refractivity contribution in [2.24, 2.45) is 0 Å². The van der Waals surface area contributed by atoms with Crippen molar-refractivity contribution < 1.29 is 19.4 Å². The number of carbonyl (C=O) groups excluding carboxylic acids is 2. The monoisotopic (exact) mass is 363 g/mol. The normalized spacial score (nSPS) is 18.5. The van der Waals surface area contributed by atoms with Gasteiger partial charge in [0.25, 0.3) is 0 Å². The van der Waals surface area contributed by atoms with Gasteiger partial charge in [-0.1, -0.05) is 44.3 Å². The highest BCUT2D eigenvalue weighted by Crippen LogP contribution is 2.19. The summed E-state index contributed by atoms with van der Waals surface area (Å²) in [6.45, 7) is 2.54. The van der Waals surface area contributed by atoms with E-state index >= 15 is 0 Å². The number of amides is 1. The van der Waals surface area contributed by atoms with E-state index in [2.05, 4.69) is 23.5 Å². The van der Waals surface area contributed by atoms with Crippen molar-refractivity contribution in [2.75, 3.05) is 13.7 Å². The largest absolute Gasteiger partial charge is 0.469 e. The second-order valence-corrected chi connectivity index (χ2v) is 6.71. The van der Waals surface area contributed by atoms with Crippen LogP contribution in [0.2, 0.25) is 0 Å². The predicted octanol–water partition coefficient (Wildman–Crippen LogP) is 3.21. The molecule has 1 saturated heterocycles. The van der Waals surface area contributed by atoms with Gasteiger partial charge in [-0.05, 0) is 25.7 Å². The highest BCUT2D eigenvalue weighted by molar-refractivity contribution is 5.78. The van der Waals surface area contributed by atoms with Crippen LogP contribution in [0.25, 0.3) is 0 Å². The number of likely N-dealkylation sites (tertiary alicyclic amines) is 1. The minimum Gasteiger partial charge on any atom is -0.469 e. The van der Waals surface area contributed by atoms with Crippen LogP contribution in [0.15, 0.2) is 12.2 Å². The van der Waals surface area contributed by atoms with Crippen LogP contribution in [-0.4, -0.2) is 47.7 Å². The third-order valence-electron chi connectivity index (χ3n) is 4.55. The van der Waals surface area contributed by atoms with Crippen LogP contribution in [0.5, 0.6) is 0 Å². The Hall–Kier alpha value is -1.80. The fraction of sp³-hybridized carbons (Fsp3) is 0.714. The number of hydrogen-bond donors (Lipinski definition) is 1. The molecule has 0 saturated carbocycles. The summed E-state index contributed by atoms with van der Waals surface area (Å²) in [7, 11) is 1.38. The molecule has 1 amide bonds. The molecule has 0 spiro atoms. The molecule has 0 radical (unpaired) electrons. The smallest absolute Gasteiger partial charge is 0.305 e. The van der Waals surface area contributed by atoms with E-state index in [-0.39, 0.29) is 17.9 Å². The number of unbranched alkanes of at least 4 members (excludes halogenated alkanes) is 3. The molecule has 0 aromatic carbocycles. The van der Waals surface area contributed by atoms with Gasteiger partial charge in [0.15, 0.2) is 0 Å². The van der Waals surface area contributed by atoms with Gasteiger partial charge in [0.2, 0.25) is 5.91 Å². The van der Waals surface area contributed by atoms with Gasteiger partial charge in [-0.3, -0.25) is 9.59 Å². The van der Waals surface area contributed by atoms with Crippen molar-refractivity contribution in [3.63, 3.8) is 0 Å². The summed E-state index contributed by atoms with van der Waals surface area (Å²) >= 11 is 0. The van der Waals surface area contributed by atoms with Gasteiger partial charge in [-0.25, -0.2) is 0 Å². The number of aliphatic hydroxyl groups is 1. The van der Waals surface area contributed by atoms with Crippen LogP contribution < -0.4 is 0 Å². The first-order chi connectivity index (χ1) is 12.6. The van der Waals surface area contributed by atoms with Crippen LogP contribution in [0, 0.1) is 11.8 Å². The first kappa shape index (κ1) is 22.2. The first-order valence-corrected chi connectivity index (χ1v) is 9.76. The second kappa shape index (κ2) is 13.4. The molecule has 146 valence electrons. The number of rotatable bonds is 10. The summed E-state index contributed by atoms with van der Waals surface area (Å²) in [4.78, 5) is 25.0. The Balaban J connectivity index is 2.46. The molecular weight excluding hydrogens is 330 g/mol. The number of nitrogens with zero attached hydrogens (tertiary/aromatic N) is 1. The molecule has 0 aliphatic carbocycles. The van der Waals surface area contributed by atoms with Crippen molar-refractivity contribution in [1.82, 2.24) is 4.90 Å². The molecule has 5 heteroatoms. The molecule has 1 aliphatic heterocycles. The van der Waals surface area contributed by atoms with Gasteiger partial charge in [-0.15, -0.1) is 5.92 Å². The van der Waals surface area contributed by atoms with Crippen molar-refractivity contribution in [3.05, 3.63) is 12.2 Å². The number of ether oxygens (including phenoxy) is 1. The summed E-state index contributed by atoms with van der Waals surface area (Å²) < 4.78 is 4.59. The summed E-state index contributed by atoms with van der Waals surface area (Å²) in [6.07, 6.45) is 11.4.